The largest absolute Gasteiger partial charge is 0.381 e. The van der Waals surface area contributed by atoms with Crippen molar-refractivity contribution in [1.29, 1.82) is 0 Å². The second kappa shape index (κ2) is 9.18. The lowest BCUT2D eigenvalue weighted by Gasteiger charge is -2.37. The summed E-state index contributed by atoms with van der Waals surface area (Å²) in [4.78, 5) is 6.63. The van der Waals surface area contributed by atoms with Crippen LogP contribution < -0.4 is 5.32 Å². The van der Waals surface area contributed by atoms with Crippen molar-refractivity contribution in [3.63, 3.8) is 0 Å². The minimum Gasteiger partial charge on any atom is -0.381 e. The molecule has 4 nitrogen and oxygen atoms in total. The van der Waals surface area contributed by atoms with E-state index >= 15 is 0 Å². The van der Waals surface area contributed by atoms with E-state index in [1.165, 1.54) is 5.56 Å². The van der Waals surface area contributed by atoms with E-state index in [0.717, 1.165) is 50.9 Å². The third kappa shape index (κ3) is 5.43. The smallest absolute Gasteiger partial charge is 0.193 e. The van der Waals surface area contributed by atoms with Gasteiger partial charge in [-0.1, -0.05) is 37.3 Å². The quantitative estimate of drug-likeness (QED) is 0.640. The van der Waals surface area contributed by atoms with Crippen molar-refractivity contribution in [3.8, 4) is 0 Å². The molecular weight excluding hydrogens is 306 g/mol. The first kappa shape index (κ1) is 18.1. The maximum atomic E-state index is 5.55. The molecule has 5 heteroatoms. The Morgan fingerprint density at radius 2 is 2.00 bits per heavy atom. The third-order valence-electron chi connectivity index (χ3n) is 4.26. The lowest BCUT2D eigenvalue weighted by molar-refractivity contribution is 0.0780. The van der Waals surface area contributed by atoms with E-state index in [4.69, 9.17) is 4.74 Å². The summed E-state index contributed by atoms with van der Waals surface area (Å²) in [6, 6.07) is 10.5. The molecule has 1 aliphatic heterocycles. The van der Waals surface area contributed by atoms with Crippen LogP contribution >= 0.6 is 11.8 Å². The maximum Gasteiger partial charge on any atom is 0.193 e. The molecule has 1 aromatic carbocycles. The summed E-state index contributed by atoms with van der Waals surface area (Å²) in [6.45, 7) is 5.77. The van der Waals surface area contributed by atoms with Gasteiger partial charge in [0, 0.05) is 45.1 Å². The first-order valence-electron chi connectivity index (χ1n) is 8.36. The van der Waals surface area contributed by atoms with Gasteiger partial charge in [-0.2, -0.15) is 11.8 Å². The Morgan fingerprint density at radius 1 is 1.30 bits per heavy atom. The summed E-state index contributed by atoms with van der Waals surface area (Å²) >= 11 is 2.05. The van der Waals surface area contributed by atoms with Crippen molar-refractivity contribution in [3.05, 3.63) is 35.9 Å². The molecule has 1 fully saturated rings. The van der Waals surface area contributed by atoms with E-state index in [9.17, 15) is 0 Å². The molecule has 0 atom stereocenters. The molecule has 1 aliphatic rings. The molecule has 0 radical (unpaired) electrons. The number of hydrogen-bond donors (Lipinski definition) is 1. The number of nitrogens with zero attached hydrogens (tertiary/aromatic N) is 2. The zero-order valence-electron chi connectivity index (χ0n) is 14.5. The fraction of sp³-hybridized carbons (Fsp3) is 0.611. The predicted molar refractivity (Wildman–Crippen MR) is 100 cm³/mol. The number of guanidine groups is 1. The van der Waals surface area contributed by atoms with E-state index in [1.807, 2.05) is 13.1 Å². The summed E-state index contributed by atoms with van der Waals surface area (Å²) in [5.41, 5.74) is 1.29. The molecule has 1 N–H and O–H groups in total. The Balaban J connectivity index is 1.93. The van der Waals surface area contributed by atoms with E-state index in [0.29, 0.717) is 0 Å². The number of hydrogen-bond acceptors (Lipinski definition) is 3. The van der Waals surface area contributed by atoms with Crippen molar-refractivity contribution in [2.45, 2.75) is 31.1 Å². The molecule has 1 heterocycles. The van der Waals surface area contributed by atoms with Crippen LogP contribution in [0.5, 0.6) is 0 Å². The Hall–Kier alpha value is -1.20. The summed E-state index contributed by atoms with van der Waals surface area (Å²) in [7, 11) is 3.94. The SMILES string of the molecule is CCSC1(CNC(=NC)N(C)Cc2ccccc2)CCOCC1. The summed E-state index contributed by atoms with van der Waals surface area (Å²) < 4.78 is 5.82. The zero-order chi connectivity index (χ0) is 16.5. The number of rotatable bonds is 6. The summed E-state index contributed by atoms with van der Waals surface area (Å²) in [6.07, 6.45) is 2.22. The number of benzene rings is 1. The third-order valence-corrected chi connectivity index (χ3v) is 5.71. The topological polar surface area (TPSA) is 36.9 Å². The standard InChI is InChI=1S/C18H29N3OS/c1-4-23-18(10-12-22-13-11-18)15-20-17(19-2)21(3)14-16-8-6-5-7-9-16/h5-9H,4,10-15H2,1-3H3,(H,19,20). The lowest BCUT2D eigenvalue weighted by Crippen LogP contribution is -2.48. The van der Waals surface area contributed by atoms with E-state index in [1.54, 1.807) is 0 Å². The molecule has 0 unspecified atom stereocenters. The Bertz CT molecular complexity index is 481. The van der Waals surface area contributed by atoms with Crippen LogP contribution in [0.3, 0.4) is 0 Å². The average Bonchev–Trinajstić information content (AvgIpc) is 2.57. The van der Waals surface area contributed by atoms with Crippen molar-refractivity contribution in [1.82, 2.24) is 10.2 Å². The molecule has 128 valence electrons. The van der Waals surface area contributed by atoms with Crippen LogP contribution in [0.25, 0.3) is 0 Å². The van der Waals surface area contributed by atoms with Crippen molar-refractivity contribution in [2.24, 2.45) is 4.99 Å². The molecule has 1 saturated heterocycles. The van der Waals surface area contributed by atoms with Gasteiger partial charge in [-0.3, -0.25) is 4.99 Å². The van der Waals surface area contributed by atoms with Crippen molar-refractivity contribution in [2.75, 3.05) is 39.6 Å². The van der Waals surface area contributed by atoms with Crippen LogP contribution in [0.15, 0.2) is 35.3 Å². The molecule has 0 aromatic heterocycles. The molecule has 2 rings (SSSR count). The number of thioether (sulfide) groups is 1. The monoisotopic (exact) mass is 335 g/mol. The molecule has 23 heavy (non-hydrogen) atoms. The normalized spacial score (nSPS) is 17.8. The minimum absolute atomic E-state index is 0.274. The van der Waals surface area contributed by atoms with Crippen molar-refractivity contribution < 1.29 is 4.74 Å². The van der Waals surface area contributed by atoms with Gasteiger partial charge >= 0.3 is 0 Å². The van der Waals surface area contributed by atoms with Gasteiger partial charge in [-0.15, -0.1) is 0 Å². The van der Waals surface area contributed by atoms with Crippen LogP contribution in [0.2, 0.25) is 0 Å². The van der Waals surface area contributed by atoms with E-state index in [2.05, 4.69) is 65.2 Å². The van der Waals surface area contributed by atoms with Gasteiger partial charge in [-0.05, 0) is 24.2 Å². The van der Waals surface area contributed by atoms with Crippen molar-refractivity contribution >= 4 is 17.7 Å². The summed E-state index contributed by atoms with van der Waals surface area (Å²) in [5.74, 6) is 2.09. The Morgan fingerprint density at radius 3 is 2.61 bits per heavy atom. The molecule has 1 aromatic rings. The molecule has 0 aliphatic carbocycles. The highest BCUT2D eigenvalue weighted by Crippen LogP contribution is 2.34. The van der Waals surface area contributed by atoms with Gasteiger partial charge < -0.3 is 15.0 Å². The first-order chi connectivity index (χ1) is 11.2. The van der Waals surface area contributed by atoms with E-state index in [-0.39, 0.29) is 4.75 Å². The molecule has 0 amide bonds. The Kier molecular flexibility index (Phi) is 7.24. The minimum atomic E-state index is 0.274. The highest BCUT2D eigenvalue weighted by atomic mass is 32.2. The molecule has 0 saturated carbocycles. The van der Waals surface area contributed by atoms with Crippen LogP contribution in [0.4, 0.5) is 0 Å². The van der Waals surface area contributed by atoms with Crippen LogP contribution in [-0.4, -0.2) is 55.2 Å². The number of nitrogens with one attached hydrogen (secondary N) is 1. The highest BCUT2D eigenvalue weighted by molar-refractivity contribution is 8.00. The van der Waals surface area contributed by atoms with Gasteiger partial charge in [-0.25, -0.2) is 0 Å². The van der Waals surface area contributed by atoms with Gasteiger partial charge in [0.2, 0.25) is 0 Å². The average molecular weight is 336 g/mol. The van der Waals surface area contributed by atoms with Crippen LogP contribution in [-0.2, 0) is 11.3 Å². The molecule has 0 bridgehead atoms. The molecular formula is C18H29N3OS. The highest BCUT2D eigenvalue weighted by Gasteiger charge is 2.32. The second-order valence-corrected chi connectivity index (χ2v) is 7.70. The fourth-order valence-electron chi connectivity index (χ4n) is 2.98. The fourth-order valence-corrected chi connectivity index (χ4v) is 4.22. The molecule has 0 spiro atoms. The van der Waals surface area contributed by atoms with Gasteiger partial charge in [0.1, 0.15) is 0 Å². The van der Waals surface area contributed by atoms with Crippen LogP contribution in [0, 0.1) is 0 Å². The maximum absolute atomic E-state index is 5.55. The second-order valence-electron chi connectivity index (χ2n) is 5.97. The van der Waals surface area contributed by atoms with Gasteiger partial charge in [0.25, 0.3) is 0 Å². The predicted octanol–water partition coefficient (Wildman–Crippen LogP) is 3.00. The van der Waals surface area contributed by atoms with Gasteiger partial charge in [0.15, 0.2) is 5.96 Å². The van der Waals surface area contributed by atoms with Gasteiger partial charge in [0.05, 0.1) is 0 Å². The van der Waals surface area contributed by atoms with E-state index < -0.39 is 0 Å². The number of ether oxygens (including phenoxy) is 1. The summed E-state index contributed by atoms with van der Waals surface area (Å²) in [5, 5.41) is 3.58. The first-order valence-corrected chi connectivity index (χ1v) is 9.35. The zero-order valence-corrected chi connectivity index (χ0v) is 15.4. The van der Waals surface area contributed by atoms with Crippen LogP contribution in [0.1, 0.15) is 25.3 Å². The lowest BCUT2D eigenvalue weighted by atomic mass is 9.99. The number of aliphatic imine (C=N–C) groups is 1. The Labute approximate surface area is 144 Å².